The van der Waals surface area contributed by atoms with E-state index in [0.29, 0.717) is 38.4 Å². The minimum atomic E-state index is -0.726. The first-order valence-electron chi connectivity index (χ1n) is 10.0. The van der Waals surface area contributed by atoms with Gasteiger partial charge >= 0.3 is 12.0 Å². The minimum absolute atomic E-state index is 0.0436. The van der Waals surface area contributed by atoms with E-state index in [1.165, 1.54) is 6.33 Å². The third kappa shape index (κ3) is 5.46. The van der Waals surface area contributed by atoms with E-state index >= 15 is 0 Å². The summed E-state index contributed by atoms with van der Waals surface area (Å²) in [6.07, 6.45) is 5.90. The number of carboxylic acids is 1. The van der Waals surface area contributed by atoms with Crippen molar-refractivity contribution in [3.8, 4) is 5.88 Å². The van der Waals surface area contributed by atoms with Gasteiger partial charge in [0, 0.05) is 31.2 Å². The smallest absolute Gasteiger partial charge is 0.317 e. The quantitative estimate of drug-likeness (QED) is 0.680. The van der Waals surface area contributed by atoms with Crippen LogP contribution in [0, 0.1) is 5.92 Å². The molecule has 0 unspecified atom stereocenters. The summed E-state index contributed by atoms with van der Waals surface area (Å²) in [6.45, 7) is 3.82. The molecule has 3 N–H and O–H groups in total. The van der Waals surface area contributed by atoms with Crippen LogP contribution in [0.1, 0.15) is 45.4 Å². The van der Waals surface area contributed by atoms with Gasteiger partial charge in [-0.1, -0.05) is 0 Å². The minimum Gasteiger partial charge on any atom is -0.481 e. The zero-order valence-electron chi connectivity index (χ0n) is 16.3. The number of carbonyl (C=O) groups is 2. The Morgan fingerprint density at radius 2 is 1.86 bits per heavy atom. The summed E-state index contributed by atoms with van der Waals surface area (Å²) in [4.78, 5) is 33.7. The summed E-state index contributed by atoms with van der Waals surface area (Å²) in [7, 11) is 0. The summed E-state index contributed by atoms with van der Waals surface area (Å²) < 4.78 is 5.39. The van der Waals surface area contributed by atoms with E-state index in [0.717, 1.165) is 31.5 Å². The number of rotatable bonds is 6. The van der Waals surface area contributed by atoms with Crippen LogP contribution >= 0.6 is 0 Å². The van der Waals surface area contributed by atoms with Gasteiger partial charge in [0.1, 0.15) is 12.1 Å². The van der Waals surface area contributed by atoms with Crippen LogP contribution in [-0.2, 0) is 4.79 Å². The van der Waals surface area contributed by atoms with Crippen molar-refractivity contribution >= 4 is 17.8 Å². The topological polar surface area (TPSA) is 117 Å². The number of aliphatic carboxylic acids is 1. The Hall–Kier alpha value is -2.58. The summed E-state index contributed by atoms with van der Waals surface area (Å²) in [5.41, 5.74) is 0. The maximum atomic E-state index is 12.5. The van der Waals surface area contributed by atoms with Crippen molar-refractivity contribution in [2.45, 2.75) is 57.5 Å². The van der Waals surface area contributed by atoms with E-state index < -0.39 is 5.97 Å². The molecule has 1 saturated heterocycles. The van der Waals surface area contributed by atoms with Gasteiger partial charge in [-0.3, -0.25) is 4.79 Å². The molecule has 0 radical (unpaired) electrons. The lowest BCUT2D eigenvalue weighted by molar-refractivity contribution is -0.142. The van der Waals surface area contributed by atoms with E-state index in [-0.39, 0.29) is 24.0 Å². The fourth-order valence-corrected chi connectivity index (χ4v) is 3.83. The normalized spacial score (nSPS) is 23.1. The monoisotopic (exact) mass is 391 g/mol. The molecule has 2 fully saturated rings. The molecule has 1 saturated carbocycles. The van der Waals surface area contributed by atoms with E-state index in [9.17, 15) is 9.59 Å². The summed E-state index contributed by atoms with van der Waals surface area (Å²) in [5.74, 6) is 0.294. The number of nitrogens with one attached hydrogen (secondary N) is 2. The van der Waals surface area contributed by atoms with E-state index in [1.54, 1.807) is 6.07 Å². The molecule has 2 heterocycles. The number of carboxylic acid groups (broad SMARTS) is 1. The average molecular weight is 391 g/mol. The van der Waals surface area contributed by atoms with E-state index in [2.05, 4.69) is 20.6 Å². The lowest BCUT2D eigenvalue weighted by Gasteiger charge is -2.34. The Labute approximate surface area is 164 Å². The molecule has 9 nitrogen and oxygen atoms in total. The Bertz CT molecular complexity index is 670. The lowest BCUT2D eigenvalue weighted by atomic mass is 9.86. The predicted molar refractivity (Wildman–Crippen MR) is 103 cm³/mol. The molecule has 0 atom stereocenters. The average Bonchev–Trinajstić information content (AvgIpc) is 2.69. The maximum absolute atomic E-state index is 12.5. The number of urea groups is 1. The molecule has 1 aliphatic heterocycles. The maximum Gasteiger partial charge on any atom is 0.317 e. The van der Waals surface area contributed by atoms with Crippen LogP contribution in [0.25, 0.3) is 0 Å². The molecular weight excluding hydrogens is 362 g/mol. The number of likely N-dealkylation sites (tertiary alicyclic amines) is 1. The fraction of sp³-hybridized carbons (Fsp3) is 0.684. The number of anilines is 1. The van der Waals surface area contributed by atoms with Crippen molar-refractivity contribution in [3.05, 3.63) is 12.4 Å². The number of piperidine rings is 1. The molecule has 3 rings (SSSR count). The third-order valence-corrected chi connectivity index (χ3v) is 5.47. The first kappa shape index (κ1) is 20.2. The molecule has 0 bridgehead atoms. The molecule has 2 aliphatic rings. The van der Waals surface area contributed by atoms with Gasteiger partial charge in [-0.2, -0.15) is 0 Å². The van der Waals surface area contributed by atoms with Crippen LogP contribution in [0.3, 0.4) is 0 Å². The molecule has 28 heavy (non-hydrogen) atoms. The van der Waals surface area contributed by atoms with Crippen LogP contribution < -0.4 is 15.4 Å². The molecule has 1 aliphatic carbocycles. The van der Waals surface area contributed by atoms with Crippen LogP contribution in [0.4, 0.5) is 10.6 Å². The molecular formula is C19H29N5O4. The Kier molecular flexibility index (Phi) is 6.89. The lowest BCUT2D eigenvalue weighted by Crippen LogP contribution is -2.50. The van der Waals surface area contributed by atoms with Crippen LogP contribution in [-0.4, -0.2) is 63.8 Å². The predicted octanol–water partition coefficient (Wildman–Crippen LogP) is 2.10. The summed E-state index contributed by atoms with van der Waals surface area (Å²) in [6, 6.07) is 2.07. The number of hydrogen-bond acceptors (Lipinski definition) is 6. The van der Waals surface area contributed by atoms with Gasteiger partial charge in [-0.05, 0) is 45.4 Å². The highest BCUT2D eigenvalue weighted by Crippen LogP contribution is 2.25. The molecule has 154 valence electrons. The van der Waals surface area contributed by atoms with Crippen molar-refractivity contribution in [1.82, 2.24) is 20.2 Å². The van der Waals surface area contributed by atoms with Crippen molar-refractivity contribution in [2.75, 3.05) is 25.0 Å². The number of carbonyl (C=O) groups excluding carboxylic acids is 1. The second kappa shape index (κ2) is 9.57. The van der Waals surface area contributed by atoms with Crippen molar-refractivity contribution in [2.24, 2.45) is 5.92 Å². The largest absolute Gasteiger partial charge is 0.481 e. The molecule has 1 aromatic rings. The SMILES string of the molecule is CCOc1cc(NC2CCN(C(=O)NC3CCC(C(=O)O)CC3)CC2)ncn1. The summed E-state index contributed by atoms with van der Waals surface area (Å²) in [5, 5.41) is 15.5. The third-order valence-electron chi connectivity index (χ3n) is 5.47. The number of ether oxygens (including phenoxy) is 1. The Balaban J connectivity index is 1.40. The van der Waals surface area contributed by atoms with Crippen LogP contribution in [0.15, 0.2) is 12.4 Å². The van der Waals surface area contributed by atoms with Gasteiger partial charge in [0.25, 0.3) is 0 Å². The van der Waals surface area contributed by atoms with E-state index in [4.69, 9.17) is 9.84 Å². The number of amides is 2. The molecule has 2 amide bonds. The van der Waals surface area contributed by atoms with E-state index in [1.807, 2.05) is 11.8 Å². The molecule has 0 aromatic carbocycles. The molecule has 1 aromatic heterocycles. The first-order valence-corrected chi connectivity index (χ1v) is 10.0. The van der Waals surface area contributed by atoms with Gasteiger partial charge in [0.15, 0.2) is 0 Å². The van der Waals surface area contributed by atoms with Gasteiger partial charge in [-0.25, -0.2) is 14.8 Å². The molecule has 9 heteroatoms. The van der Waals surface area contributed by atoms with Crippen molar-refractivity contribution in [3.63, 3.8) is 0 Å². The highest BCUT2D eigenvalue weighted by Gasteiger charge is 2.29. The second-order valence-electron chi connectivity index (χ2n) is 7.42. The fourth-order valence-electron chi connectivity index (χ4n) is 3.83. The van der Waals surface area contributed by atoms with Crippen LogP contribution in [0.5, 0.6) is 5.88 Å². The first-order chi connectivity index (χ1) is 13.5. The number of nitrogens with zero attached hydrogens (tertiary/aromatic N) is 3. The van der Waals surface area contributed by atoms with Crippen molar-refractivity contribution < 1.29 is 19.4 Å². The highest BCUT2D eigenvalue weighted by molar-refractivity contribution is 5.75. The zero-order chi connectivity index (χ0) is 19.9. The van der Waals surface area contributed by atoms with Gasteiger partial charge in [0.05, 0.1) is 12.5 Å². The zero-order valence-corrected chi connectivity index (χ0v) is 16.3. The Morgan fingerprint density at radius 3 is 2.50 bits per heavy atom. The standard InChI is InChI=1S/C19H29N5O4/c1-2-28-17-11-16(20-12-21-17)22-15-7-9-24(10-8-15)19(27)23-14-5-3-13(4-6-14)18(25)26/h11-15H,2-10H2,1H3,(H,23,27)(H,25,26)(H,20,21,22). The Morgan fingerprint density at radius 1 is 1.14 bits per heavy atom. The number of hydrogen-bond donors (Lipinski definition) is 3. The molecule has 0 spiro atoms. The van der Waals surface area contributed by atoms with Crippen LogP contribution in [0.2, 0.25) is 0 Å². The van der Waals surface area contributed by atoms with Gasteiger partial charge in [-0.15, -0.1) is 0 Å². The second-order valence-corrected chi connectivity index (χ2v) is 7.42. The number of aromatic nitrogens is 2. The van der Waals surface area contributed by atoms with Gasteiger partial charge < -0.3 is 25.4 Å². The highest BCUT2D eigenvalue weighted by atomic mass is 16.5. The van der Waals surface area contributed by atoms with Crippen molar-refractivity contribution in [1.29, 1.82) is 0 Å². The van der Waals surface area contributed by atoms with Gasteiger partial charge in [0.2, 0.25) is 5.88 Å². The summed E-state index contributed by atoms with van der Waals surface area (Å²) >= 11 is 0.